The van der Waals surface area contributed by atoms with Crippen LogP contribution in [0.15, 0.2) is 30.3 Å². The van der Waals surface area contributed by atoms with Gasteiger partial charge in [0.15, 0.2) is 0 Å². The van der Waals surface area contributed by atoms with Gasteiger partial charge in [-0.2, -0.15) is 0 Å². The van der Waals surface area contributed by atoms with Crippen molar-refractivity contribution in [1.82, 2.24) is 5.32 Å². The van der Waals surface area contributed by atoms with E-state index >= 15 is 0 Å². The summed E-state index contributed by atoms with van der Waals surface area (Å²) in [4.78, 5) is 0. The first-order chi connectivity index (χ1) is 14.1. The number of nitrogens with zero attached hydrogens (tertiary/aromatic N) is 1. The van der Waals surface area contributed by atoms with E-state index in [4.69, 9.17) is 0 Å². The molecule has 0 unspecified atom stereocenters. The lowest BCUT2D eigenvalue weighted by Gasteiger charge is -2.30. The van der Waals surface area contributed by atoms with Crippen LogP contribution in [0.4, 0.5) is 0 Å². The second kappa shape index (κ2) is 18.2. The van der Waals surface area contributed by atoms with Gasteiger partial charge < -0.3 is 9.80 Å². The largest absolute Gasteiger partial charge is 0.324 e. The molecule has 0 bridgehead atoms. The summed E-state index contributed by atoms with van der Waals surface area (Å²) in [7, 11) is 8.22. The number of rotatable bonds is 20. The second-order valence-electron chi connectivity index (χ2n) is 9.40. The number of quaternary nitrogens is 1. The fraction of sp³-hybridized carbons (Fsp3) is 0.769. The zero-order valence-electron chi connectivity index (χ0n) is 19.6. The molecule has 29 heavy (non-hydrogen) atoms. The van der Waals surface area contributed by atoms with Crippen molar-refractivity contribution in [2.24, 2.45) is 0 Å². The molecular formula is C26H48N2Si+. The Labute approximate surface area is 185 Å². The quantitative estimate of drug-likeness (QED) is 0.145. The first kappa shape index (κ1) is 26.4. The molecule has 0 aliphatic rings. The van der Waals surface area contributed by atoms with Gasteiger partial charge in [-0.1, -0.05) is 113 Å². The van der Waals surface area contributed by atoms with Crippen LogP contribution in [-0.4, -0.2) is 48.5 Å². The maximum atomic E-state index is 3.65. The van der Waals surface area contributed by atoms with Gasteiger partial charge in [-0.05, 0) is 13.0 Å². The van der Waals surface area contributed by atoms with Crippen LogP contribution >= 0.6 is 0 Å². The Morgan fingerprint density at radius 3 is 1.66 bits per heavy atom. The highest BCUT2D eigenvalue weighted by Crippen LogP contribution is 2.13. The van der Waals surface area contributed by atoms with E-state index in [1.165, 1.54) is 108 Å². The van der Waals surface area contributed by atoms with E-state index in [1.54, 1.807) is 0 Å². The molecule has 0 saturated heterocycles. The molecule has 0 aliphatic heterocycles. The third kappa shape index (κ3) is 16.8. The van der Waals surface area contributed by atoms with Crippen molar-refractivity contribution in [2.75, 3.05) is 33.7 Å². The molecule has 0 heterocycles. The highest BCUT2D eigenvalue weighted by Gasteiger charge is 2.14. The molecule has 0 aromatic heterocycles. The van der Waals surface area contributed by atoms with Crippen LogP contribution in [0.2, 0.25) is 6.04 Å². The van der Waals surface area contributed by atoms with Gasteiger partial charge in [0, 0.05) is 22.4 Å². The molecular weight excluding hydrogens is 368 g/mol. The molecule has 1 N–H and O–H groups in total. The summed E-state index contributed by atoms with van der Waals surface area (Å²) in [6.45, 7) is 4.60. The van der Waals surface area contributed by atoms with Crippen molar-refractivity contribution in [3.05, 3.63) is 35.9 Å². The first-order valence-electron chi connectivity index (χ1n) is 12.4. The zero-order chi connectivity index (χ0) is 21.0. The van der Waals surface area contributed by atoms with Crippen molar-refractivity contribution in [2.45, 2.75) is 96.1 Å². The highest BCUT2D eigenvalue weighted by atomic mass is 28.1. The summed E-state index contributed by atoms with van der Waals surface area (Å²) >= 11 is 0. The molecule has 2 nitrogen and oxygen atoms in total. The second-order valence-corrected chi connectivity index (χ2v) is 9.90. The van der Waals surface area contributed by atoms with Crippen molar-refractivity contribution in [3.63, 3.8) is 0 Å². The molecule has 0 atom stereocenters. The predicted octanol–water partition coefficient (Wildman–Crippen LogP) is 6.51. The number of benzene rings is 1. The molecule has 3 heteroatoms. The summed E-state index contributed by atoms with van der Waals surface area (Å²) in [6, 6.07) is 12.0. The fourth-order valence-corrected chi connectivity index (χ4v) is 4.23. The van der Waals surface area contributed by atoms with Gasteiger partial charge >= 0.3 is 0 Å². The van der Waals surface area contributed by atoms with Gasteiger partial charge in [0.25, 0.3) is 0 Å². The van der Waals surface area contributed by atoms with E-state index in [2.05, 4.69) is 60.0 Å². The van der Waals surface area contributed by atoms with E-state index in [9.17, 15) is 0 Å². The van der Waals surface area contributed by atoms with Crippen LogP contribution in [0, 0.1) is 0 Å². The Morgan fingerprint density at radius 2 is 1.14 bits per heavy atom. The Bertz CT molecular complexity index is 461. The van der Waals surface area contributed by atoms with Crippen molar-refractivity contribution in [1.29, 1.82) is 0 Å². The molecule has 1 rings (SSSR count). The molecule has 3 radical (unpaired) electrons. The standard InChI is InChI=1S/C26H48N2Si/c1-28(2,25-26-19-15-14-16-20-26)23-22-27-21-17-12-10-8-6-4-3-5-7-9-11-13-18-24-29/h14-16,19-20,27H,3-13,17-18,21-25H2,1-2H3/q+1. The van der Waals surface area contributed by atoms with E-state index in [1.807, 2.05) is 0 Å². The highest BCUT2D eigenvalue weighted by molar-refractivity contribution is 6.08. The van der Waals surface area contributed by atoms with Gasteiger partial charge in [-0.25, -0.2) is 0 Å². The monoisotopic (exact) mass is 416 g/mol. The van der Waals surface area contributed by atoms with Crippen LogP contribution in [0.1, 0.15) is 89.0 Å². The lowest BCUT2D eigenvalue weighted by atomic mass is 10.0. The number of hydrogen-bond donors (Lipinski definition) is 1. The molecule has 1 aromatic carbocycles. The third-order valence-corrected chi connectivity index (χ3v) is 6.23. The summed E-state index contributed by atoms with van der Waals surface area (Å²) in [5.74, 6) is 0. The molecule has 1 aromatic rings. The Morgan fingerprint density at radius 1 is 0.655 bits per heavy atom. The van der Waals surface area contributed by atoms with Gasteiger partial charge in [0.1, 0.15) is 6.54 Å². The lowest BCUT2D eigenvalue weighted by molar-refractivity contribution is -0.902. The van der Waals surface area contributed by atoms with Crippen LogP contribution in [0.3, 0.4) is 0 Å². The van der Waals surface area contributed by atoms with E-state index in [0.29, 0.717) is 0 Å². The minimum Gasteiger partial charge on any atom is -0.324 e. The number of unbranched alkanes of at least 4 members (excludes halogenated alkanes) is 12. The smallest absolute Gasteiger partial charge is 0.104 e. The molecule has 0 aliphatic carbocycles. The van der Waals surface area contributed by atoms with Gasteiger partial charge in [-0.3, -0.25) is 0 Å². The minimum atomic E-state index is 1.05. The maximum Gasteiger partial charge on any atom is 0.104 e. The van der Waals surface area contributed by atoms with E-state index < -0.39 is 0 Å². The van der Waals surface area contributed by atoms with E-state index in [-0.39, 0.29) is 0 Å². The third-order valence-electron chi connectivity index (χ3n) is 5.88. The van der Waals surface area contributed by atoms with Crippen molar-refractivity contribution >= 4 is 10.2 Å². The lowest BCUT2D eigenvalue weighted by Crippen LogP contribution is -2.43. The number of nitrogens with one attached hydrogen (secondary N) is 1. The summed E-state index contributed by atoms with van der Waals surface area (Å²) in [6.07, 6.45) is 18.5. The minimum absolute atomic E-state index is 1.05. The Hall–Kier alpha value is -0.643. The van der Waals surface area contributed by atoms with Gasteiger partial charge in [0.2, 0.25) is 0 Å². The molecule has 0 fully saturated rings. The average molecular weight is 417 g/mol. The Balaban J connectivity index is 1.81. The summed E-state index contributed by atoms with van der Waals surface area (Å²) < 4.78 is 1.05. The fourth-order valence-electron chi connectivity index (χ4n) is 3.98. The topological polar surface area (TPSA) is 12.0 Å². The number of likely N-dealkylation sites (N-methyl/N-ethyl adjacent to an activating group) is 1. The SMILES string of the molecule is C[N+](C)(CCNCCCCCCCCCCCCCCC[Si])Cc1ccccc1. The zero-order valence-corrected chi connectivity index (χ0v) is 20.6. The normalized spacial score (nSPS) is 11.8. The molecule has 0 spiro atoms. The van der Waals surface area contributed by atoms with Crippen LogP contribution in [-0.2, 0) is 6.54 Å². The average Bonchev–Trinajstić information content (AvgIpc) is 2.70. The summed E-state index contributed by atoms with van der Waals surface area (Å²) in [5, 5.41) is 3.65. The van der Waals surface area contributed by atoms with Crippen molar-refractivity contribution in [3.8, 4) is 0 Å². The number of hydrogen-bond acceptors (Lipinski definition) is 1. The van der Waals surface area contributed by atoms with Crippen LogP contribution in [0.5, 0.6) is 0 Å². The predicted molar refractivity (Wildman–Crippen MR) is 131 cm³/mol. The Kier molecular flexibility index (Phi) is 16.5. The van der Waals surface area contributed by atoms with Gasteiger partial charge in [-0.15, -0.1) is 0 Å². The van der Waals surface area contributed by atoms with Gasteiger partial charge in [0.05, 0.1) is 20.6 Å². The van der Waals surface area contributed by atoms with E-state index in [0.717, 1.165) is 17.6 Å². The summed E-state index contributed by atoms with van der Waals surface area (Å²) in [5.41, 5.74) is 1.43. The first-order valence-corrected chi connectivity index (χ1v) is 13.1. The molecule has 165 valence electrons. The van der Waals surface area contributed by atoms with Crippen LogP contribution < -0.4 is 5.32 Å². The van der Waals surface area contributed by atoms with Crippen LogP contribution in [0.25, 0.3) is 0 Å². The maximum absolute atomic E-state index is 3.65. The molecule has 0 amide bonds. The van der Waals surface area contributed by atoms with Crippen molar-refractivity contribution < 1.29 is 4.48 Å². The molecule has 0 saturated carbocycles.